The first-order chi connectivity index (χ1) is 13.8. The summed E-state index contributed by atoms with van der Waals surface area (Å²) in [6, 6.07) is 11.0. The number of methoxy groups -OCH3 is 1. The highest BCUT2D eigenvalue weighted by Crippen LogP contribution is 2.23. The Morgan fingerprint density at radius 1 is 1.10 bits per heavy atom. The van der Waals surface area contributed by atoms with Gasteiger partial charge in [0.1, 0.15) is 17.3 Å². The number of pyridine rings is 1. The normalized spacial score (nSPS) is 11.0. The zero-order chi connectivity index (χ0) is 21.0. The second-order valence-electron chi connectivity index (χ2n) is 6.12. The fraction of sp³-hybridized carbons (Fsp3) is 0.100. The summed E-state index contributed by atoms with van der Waals surface area (Å²) in [7, 11) is -2.40. The van der Waals surface area contributed by atoms with E-state index in [1.54, 1.807) is 6.07 Å². The van der Waals surface area contributed by atoms with Crippen LogP contribution in [0.4, 0.5) is 15.8 Å². The van der Waals surface area contributed by atoms with Crippen molar-refractivity contribution in [3.8, 4) is 5.75 Å². The topological polar surface area (TPSA) is 97.4 Å². The molecule has 3 rings (SSSR count). The van der Waals surface area contributed by atoms with Crippen LogP contribution < -0.4 is 14.8 Å². The Bertz CT molecular complexity index is 1150. The molecule has 2 aromatic carbocycles. The summed E-state index contributed by atoms with van der Waals surface area (Å²) < 4.78 is 45.9. The smallest absolute Gasteiger partial charge is 0.261 e. The van der Waals surface area contributed by atoms with E-state index >= 15 is 0 Å². The number of carbonyl (C=O) groups is 1. The molecule has 0 aliphatic carbocycles. The van der Waals surface area contributed by atoms with E-state index in [9.17, 15) is 17.6 Å². The van der Waals surface area contributed by atoms with Crippen molar-refractivity contribution in [1.29, 1.82) is 0 Å². The number of ether oxygens (including phenoxy) is 1. The van der Waals surface area contributed by atoms with Crippen LogP contribution in [-0.2, 0) is 10.0 Å². The van der Waals surface area contributed by atoms with Crippen LogP contribution in [0.5, 0.6) is 5.75 Å². The summed E-state index contributed by atoms with van der Waals surface area (Å²) in [4.78, 5) is 16.3. The minimum absolute atomic E-state index is 0.0538. The summed E-state index contributed by atoms with van der Waals surface area (Å²) in [6.07, 6.45) is 3.00. The number of rotatable bonds is 6. The van der Waals surface area contributed by atoms with Crippen LogP contribution in [0.2, 0.25) is 0 Å². The number of aryl methyl sites for hydroxylation is 1. The molecule has 9 heteroatoms. The van der Waals surface area contributed by atoms with Gasteiger partial charge in [0.05, 0.1) is 18.2 Å². The van der Waals surface area contributed by atoms with E-state index in [1.165, 1.54) is 62.8 Å². The van der Waals surface area contributed by atoms with Gasteiger partial charge in [-0.1, -0.05) is 0 Å². The van der Waals surface area contributed by atoms with Gasteiger partial charge in [-0.05, 0) is 55.0 Å². The predicted octanol–water partition coefficient (Wildman–Crippen LogP) is 3.59. The van der Waals surface area contributed by atoms with Gasteiger partial charge in [-0.25, -0.2) is 12.8 Å². The second-order valence-corrected chi connectivity index (χ2v) is 7.81. The fourth-order valence-corrected chi connectivity index (χ4v) is 3.68. The molecule has 0 spiro atoms. The molecular weight excluding hydrogens is 397 g/mol. The first-order valence-corrected chi connectivity index (χ1v) is 9.97. The molecule has 0 atom stereocenters. The van der Waals surface area contributed by atoms with Crippen LogP contribution in [0.1, 0.15) is 15.9 Å². The van der Waals surface area contributed by atoms with Crippen molar-refractivity contribution in [2.24, 2.45) is 0 Å². The maximum Gasteiger partial charge on any atom is 0.261 e. The van der Waals surface area contributed by atoms with Crippen molar-refractivity contribution in [2.75, 3.05) is 17.1 Å². The molecule has 150 valence electrons. The van der Waals surface area contributed by atoms with E-state index in [1.807, 2.05) is 0 Å². The third kappa shape index (κ3) is 4.69. The number of hydrogen-bond acceptors (Lipinski definition) is 5. The molecule has 0 saturated carbocycles. The van der Waals surface area contributed by atoms with Gasteiger partial charge in [-0.3, -0.25) is 14.5 Å². The van der Waals surface area contributed by atoms with Crippen LogP contribution in [0.15, 0.2) is 65.8 Å². The first kappa shape index (κ1) is 20.3. The summed E-state index contributed by atoms with van der Waals surface area (Å²) in [5.74, 6) is -0.420. The molecule has 0 fully saturated rings. The summed E-state index contributed by atoms with van der Waals surface area (Å²) in [6.45, 7) is 1.49. The number of carbonyl (C=O) groups excluding carboxylic acids is 1. The molecule has 1 heterocycles. The molecule has 0 unspecified atom stereocenters. The second kappa shape index (κ2) is 8.27. The highest BCUT2D eigenvalue weighted by Gasteiger charge is 2.16. The Kier molecular flexibility index (Phi) is 5.79. The standard InChI is InChI=1S/C20H18FN3O4S/c1-13-11-16(7-8-17(13)21)29(26,27)24-15-5-3-14(4-6-15)20(25)23-18-12-22-10-9-19(18)28-2/h3-12,24H,1-2H3,(H,23,25). The highest BCUT2D eigenvalue weighted by molar-refractivity contribution is 7.92. The minimum atomic E-state index is -3.89. The number of benzene rings is 2. The van der Waals surface area contributed by atoms with Crippen LogP contribution >= 0.6 is 0 Å². The van der Waals surface area contributed by atoms with Gasteiger partial charge in [-0.15, -0.1) is 0 Å². The molecule has 29 heavy (non-hydrogen) atoms. The van der Waals surface area contributed by atoms with E-state index in [2.05, 4.69) is 15.0 Å². The molecule has 2 N–H and O–H groups in total. The van der Waals surface area contributed by atoms with E-state index in [-0.39, 0.29) is 16.1 Å². The van der Waals surface area contributed by atoms with Gasteiger partial charge in [0.2, 0.25) is 0 Å². The first-order valence-electron chi connectivity index (χ1n) is 8.48. The maximum atomic E-state index is 13.4. The Balaban J connectivity index is 1.74. The molecule has 0 saturated heterocycles. The Labute approximate surface area is 167 Å². The number of anilines is 2. The summed E-state index contributed by atoms with van der Waals surface area (Å²) >= 11 is 0. The third-order valence-electron chi connectivity index (χ3n) is 4.09. The number of amides is 1. The zero-order valence-electron chi connectivity index (χ0n) is 15.6. The Morgan fingerprint density at radius 3 is 2.48 bits per heavy atom. The molecule has 1 amide bonds. The summed E-state index contributed by atoms with van der Waals surface area (Å²) in [5, 5.41) is 2.68. The number of nitrogens with zero attached hydrogens (tertiary/aromatic N) is 1. The number of sulfonamides is 1. The predicted molar refractivity (Wildman–Crippen MR) is 107 cm³/mol. The summed E-state index contributed by atoms with van der Waals surface area (Å²) in [5.41, 5.74) is 1.22. The number of nitrogens with one attached hydrogen (secondary N) is 2. The van der Waals surface area contributed by atoms with E-state index < -0.39 is 21.7 Å². The number of hydrogen-bond donors (Lipinski definition) is 2. The lowest BCUT2D eigenvalue weighted by atomic mass is 10.2. The fourth-order valence-electron chi connectivity index (χ4n) is 2.54. The molecular formula is C20H18FN3O4S. The zero-order valence-corrected chi connectivity index (χ0v) is 16.5. The monoisotopic (exact) mass is 415 g/mol. The molecule has 3 aromatic rings. The van der Waals surface area contributed by atoms with Crippen molar-refractivity contribution in [3.63, 3.8) is 0 Å². The molecule has 7 nitrogen and oxygen atoms in total. The average Bonchev–Trinajstić information content (AvgIpc) is 2.70. The molecule has 0 radical (unpaired) electrons. The maximum absolute atomic E-state index is 13.4. The van der Waals surface area contributed by atoms with Crippen molar-refractivity contribution >= 4 is 27.3 Å². The Hall–Kier alpha value is -3.46. The highest BCUT2D eigenvalue weighted by atomic mass is 32.2. The van der Waals surface area contributed by atoms with E-state index in [0.717, 1.165) is 6.07 Å². The Morgan fingerprint density at radius 2 is 1.83 bits per heavy atom. The van der Waals surface area contributed by atoms with Crippen LogP contribution in [0.25, 0.3) is 0 Å². The third-order valence-corrected chi connectivity index (χ3v) is 5.47. The van der Waals surface area contributed by atoms with Crippen LogP contribution in [0, 0.1) is 12.7 Å². The number of halogens is 1. The molecule has 0 aliphatic rings. The average molecular weight is 415 g/mol. The van der Waals surface area contributed by atoms with Gasteiger partial charge in [-0.2, -0.15) is 0 Å². The van der Waals surface area contributed by atoms with Gasteiger partial charge in [0.15, 0.2) is 0 Å². The van der Waals surface area contributed by atoms with Crippen molar-refractivity contribution in [2.45, 2.75) is 11.8 Å². The molecule has 0 bridgehead atoms. The lowest BCUT2D eigenvalue weighted by Gasteiger charge is -2.11. The van der Waals surface area contributed by atoms with Crippen molar-refractivity contribution in [1.82, 2.24) is 4.98 Å². The number of aromatic nitrogens is 1. The van der Waals surface area contributed by atoms with Crippen molar-refractivity contribution < 1.29 is 22.3 Å². The van der Waals surface area contributed by atoms with Crippen LogP contribution in [-0.4, -0.2) is 26.4 Å². The molecule has 0 aliphatic heterocycles. The van der Waals surface area contributed by atoms with Crippen LogP contribution in [0.3, 0.4) is 0 Å². The lowest BCUT2D eigenvalue weighted by molar-refractivity contribution is 0.102. The van der Waals surface area contributed by atoms with Gasteiger partial charge in [0.25, 0.3) is 15.9 Å². The van der Waals surface area contributed by atoms with Crippen molar-refractivity contribution in [3.05, 3.63) is 77.9 Å². The van der Waals surface area contributed by atoms with Gasteiger partial charge < -0.3 is 10.1 Å². The SMILES string of the molecule is COc1ccncc1NC(=O)c1ccc(NS(=O)(=O)c2ccc(F)c(C)c2)cc1. The van der Waals surface area contributed by atoms with Gasteiger partial charge >= 0.3 is 0 Å². The van der Waals surface area contributed by atoms with E-state index in [4.69, 9.17) is 4.74 Å². The minimum Gasteiger partial charge on any atom is -0.494 e. The molecule has 1 aromatic heterocycles. The van der Waals surface area contributed by atoms with E-state index in [0.29, 0.717) is 17.0 Å². The largest absolute Gasteiger partial charge is 0.494 e. The lowest BCUT2D eigenvalue weighted by Crippen LogP contribution is -2.15. The quantitative estimate of drug-likeness (QED) is 0.641. The van der Waals surface area contributed by atoms with Gasteiger partial charge in [0, 0.05) is 23.5 Å².